The number of amides is 1. The summed E-state index contributed by atoms with van der Waals surface area (Å²) in [6, 6.07) is 20.2. The van der Waals surface area contributed by atoms with Gasteiger partial charge in [0.25, 0.3) is 0 Å². The van der Waals surface area contributed by atoms with Crippen LogP contribution >= 0.6 is 0 Å². The smallest absolute Gasteiger partial charge is 0.249 e. The average Bonchev–Trinajstić information content (AvgIpc) is 3.12. The molecule has 0 aliphatic heterocycles. The first-order chi connectivity index (χ1) is 12.7. The maximum Gasteiger partial charge on any atom is 0.249 e. The van der Waals surface area contributed by atoms with Crippen LogP contribution in [0.1, 0.15) is 15.9 Å². The summed E-state index contributed by atoms with van der Waals surface area (Å²) in [4.78, 5) is 24.8. The number of aromatic nitrogens is 2. The quantitative estimate of drug-likeness (QED) is 0.550. The van der Waals surface area contributed by atoms with Gasteiger partial charge in [0.1, 0.15) is 0 Å². The van der Waals surface area contributed by atoms with Gasteiger partial charge in [0, 0.05) is 11.9 Å². The molecular weight excluding hydrogens is 328 g/mol. The molecule has 0 aliphatic rings. The maximum absolute atomic E-state index is 12.5. The van der Waals surface area contributed by atoms with Crippen LogP contribution in [-0.4, -0.2) is 21.5 Å². The SMILES string of the molecule is N#C[C@H](C(=O)Nc1ccccc1)C(=O)c1cnn(Cc2ccccc2)c1. The first kappa shape index (κ1) is 17.1. The van der Waals surface area contributed by atoms with Gasteiger partial charge in [0.2, 0.25) is 5.91 Å². The van der Waals surface area contributed by atoms with E-state index < -0.39 is 17.6 Å². The molecule has 0 spiro atoms. The third kappa shape index (κ3) is 4.02. The van der Waals surface area contributed by atoms with Crippen LogP contribution in [0.2, 0.25) is 0 Å². The standard InChI is InChI=1S/C20H16N4O2/c21-11-18(20(26)23-17-9-5-2-6-10-17)19(25)16-12-22-24(14-16)13-15-7-3-1-4-8-15/h1-10,12,14,18H,13H2,(H,23,26)/t18-/m0/s1. The minimum atomic E-state index is -1.43. The van der Waals surface area contributed by atoms with Crippen molar-refractivity contribution in [2.75, 3.05) is 5.32 Å². The average molecular weight is 344 g/mol. The summed E-state index contributed by atoms with van der Waals surface area (Å²) in [5, 5.41) is 16.0. The molecule has 0 saturated carbocycles. The Morgan fingerprint density at radius 3 is 2.38 bits per heavy atom. The van der Waals surface area contributed by atoms with Crippen LogP contribution in [0.15, 0.2) is 73.1 Å². The third-order valence-electron chi connectivity index (χ3n) is 3.80. The lowest BCUT2D eigenvalue weighted by molar-refractivity contribution is -0.117. The van der Waals surface area contributed by atoms with E-state index in [4.69, 9.17) is 0 Å². The Hall–Kier alpha value is -3.72. The zero-order chi connectivity index (χ0) is 18.4. The Balaban J connectivity index is 1.71. The highest BCUT2D eigenvalue weighted by molar-refractivity contribution is 6.15. The highest BCUT2D eigenvalue weighted by Crippen LogP contribution is 2.13. The number of hydrogen-bond donors (Lipinski definition) is 1. The Kier molecular flexibility index (Phi) is 5.20. The van der Waals surface area contributed by atoms with Crippen molar-refractivity contribution < 1.29 is 9.59 Å². The van der Waals surface area contributed by atoms with Gasteiger partial charge in [-0.1, -0.05) is 48.5 Å². The molecular formula is C20H16N4O2. The molecule has 6 nitrogen and oxygen atoms in total. The fraction of sp³-hybridized carbons (Fsp3) is 0.100. The van der Waals surface area contributed by atoms with E-state index in [2.05, 4.69) is 10.4 Å². The van der Waals surface area contributed by atoms with Gasteiger partial charge in [-0.15, -0.1) is 0 Å². The summed E-state index contributed by atoms with van der Waals surface area (Å²) in [5.41, 5.74) is 1.80. The predicted octanol–water partition coefficient (Wildman–Crippen LogP) is 2.89. The molecule has 0 fully saturated rings. The second-order valence-electron chi connectivity index (χ2n) is 5.69. The van der Waals surface area contributed by atoms with Crippen molar-refractivity contribution >= 4 is 17.4 Å². The van der Waals surface area contributed by atoms with Crippen LogP contribution in [0.5, 0.6) is 0 Å². The number of carbonyl (C=O) groups excluding carboxylic acids is 2. The number of nitrogens with one attached hydrogen (secondary N) is 1. The summed E-state index contributed by atoms with van der Waals surface area (Å²) >= 11 is 0. The van der Waals surface area contributed by atoms with Crippen molar-refractivity contribution in [2.45, 2.75) is 6.54 Å². The molecule has 0 aliphatic carbocycles. The van der Waals surface area contributed by atoms with Gasteiger partial charge < -0.3 is 5.32 Å². The zero-order valence-electron chi connectivity index (χ0n) is 13.9. The molecule has 2 aromatic carbocycles. The number of para-hydroxylation sites is 1. The van der Waals surface area contributed by atoms with Crippen LogP contribution < -0.4 is 5.32 Å². The first-order valence-electron chi connectivity index (χ1n) is 8.03. The van der Waals surface area contributed by atoms with Crippen molar-refractivity contribution in [2.24, 2.45) is 5.92 Å². The number of rotatable bonds is 6. The van der Waals surface area contributed by atoms with Crippen LogP contribution in [-0.2, 0) is 11.3 Å². The van der Waals surface area contributed by atoms with E-state index in [0.717, 1.165) is 5.56 Å². The molecule has 1 atom stereocenters. The minimum absolute atomic E-state index is 0.232. The molecule has 1 heterocycles. The van der Waals surface area contributed by atoms with Crippen LogP contribution in [0.3, 0.4) is 0 Å². The number of Topliss-reactive ketones (excluding diaryl/α,β-unsaturated/α-hetero) is 1. The van der Waals surface area contributed by atoms with Gasteiger partial charge in [-0.2, -0.15) is 10.4 Å². The predicted molar refractivity (Wildman–Crippen MR) is 96.3 cm³/mol. The topological polar surface area (TPSA) is 87.8 Å². The lowest BCUT2D eigenvalue weighted by Gasteiger charge is -2.08. The molecule has 0 radical (unpaired) electrons. The van der Waals surface area contributed by atoms with E-state index in [-0.39, 0.29) is 5.56 Å². The molecule has 6 heteroatoms. The normalized spacial score (nSPS) is 11.3. The number of nitriles is 1. The monoisotopic (exact) mass is 344 g/mol. The second-order valence-corrected chi connectivity index (χ2v) is 5.69. The summed E-state index contributed by atoms with van der Waals surface area (Å²) in [6.45, 7) is 0.502. The van der Waals surface area contributed by atoms with Crippen molar-refractivity contribution in [3.63, 3.8) is 0 Å². The number of anilines is 1. The first-order valence-corrected chi connectivity index (χ1v) is 8.03. The molecule has 3 aromatic rings. The van der Waals surface area contributed by atoms with E-state index in [0.29, 0.717) is 12.2 Å². The Morgan fingerprint density at radius 1 is 1.08 bits per heavy atom. The zero-order valence-corrected chi connectivity index (χ0v) is 13.9. The Bertz CT molecular complexity index is 943. The molecule has 1 aromatic heterocycles. The van der Waals surface area contributed by atoms with Crippen LogP contribution in [0, 0.1) is 17.2 Å². The Morgan fingerprint density at radius 2 is 1.73 bits per heavy atom. The summed E-state index contributed by atoms with van der Waals surface area (Å²) in [5.74, 6) is -2.65. The van der Waals surface area contributed by atoms with Crippen molar-refractivity contribution in [1.29, 1.82) is 5.26 Å². The van der Waals surface area contributed by atoms with E-state index in [9.17, 15) is 14.9 Å². The number of nitrogens with zero attached hydrogens (tertiary/aromatic N) is 3. The van der Waals surface area contributed by atoms with Gasteiger partial charge in [0.05, 0.1) is 24.4 Å². The highest BCUT2D eigenvalue weighted by Gasteiger charge is 2.28. The van der Waals surface area contributed by atoms with Gasteiger partial charge in [-0.05, 0) is 17.7 Å². The van der Waals surface area contributed by atoms with Gasteiger partial charge in [-0.3, -0.25) is 14.3 Å². The van der Waals surface area contributed by atoms with E-state index in [1.165, 1.54) is 6.20 Å². The summed E-state index contributed by atoms with van der Waals surface area (Å²) in [6.07, 6.45) is 2.93. The van der Waals surface area contributed by atoms with Gasteiger partial charge >= 0.3 is 0 Å². The van der Waals surface area contributed by atoms with Crippen molar-refractivity contribution in [1.82, 2.24) is 9.78 Å². The minimum Gasteiger partial charge on any atom is -0.325 e. The lowest BCUT2D eigenvalue weighted by atomic mass is 10.0. The molecule has 1 N–H and O–H groups in total. The lowest BCUT2D eigenvalue weighted by Crippen LogP contribution is -2.28. The van der Waals surface area contributed by atoms with Gasteiger partial charge in [-0.25, -0.2) is 0 Å². The molecule has 128 valence electrons. The number of benzene rings is 2. The third-order valence-corrected chi connectivity index (χ3v) is 3.80. The molecule has 1 amide bonds. The van der Waals surface area contributed by atoms with Crippen LogP contribution in [0.25, 0.3) is 0 Å². The largest absolute Gasteiger partial charge is 0.325 e. The molecule has 0 bridgehead atoms. The van der Waals surface area contributed by atoms with E-state index in [1.807, 2.05) is 36.4 Å². The maximum atomic E-state index is 12.5. The van der Waals surface area contributed by atoms with E-state index >= 15 is 0 Å². The molecule has 3 rings (SSSR count). The second kappa shape index (κ2) is 7.90. The fourth-order valence-corrected chi connectivity index (χ4v) is 2.49. The fourth-order valence-electron chi connectivity index (χ4n) is 2.49. The summed E-state index contributed by atoms with van der Waals surface area (Å²) in [7, 11) is 0. The molecule has 0 saturated heterocycles. The van der Waals surface area contributed by atoms with Crippen LogP contribution in [0.4, 0.5) is 5.69 Å². The molecule has 0 unspecified atom stereocenters. The molecule has 26 heavy (non-hydrogen) atoms. The number of carbonyl (C=O) groups is 2. The van der Waals surface area contributed by atoms with E-state index in [1.54, 1.807) is 41.2 Å². The highest BCUT2D eigenvalue weighted by atomic mass is 16.2. The number of hydrogen-bond acceptors (Lipinski definition) is 4. The Labute approximate surface area is 150 Å². The van der Waals surface area contributed by atoms with Gasteiger partial charge in [0.15, 0.2) is 11.7 Å². The summed E-state index contributed by atoms with van der Waals surface area (Å²) < 4.78 is 1.60. The number of ketones is 1. The van der Waals surface area contributed by atoms with Crippen molar-refractivity contribution in [3.05, 3.63) is 84.2 Å². The van der Waals surface area contributed by atoms with Crippen molar-refractivity contribution in [3.8, 4) is 6.07 Å².